The third-order valence-electron chi connectivity index (χ3n) is 7.46. The highest BCUT2D eigenvalue weighted by atomic mass is 16.5. The fraction of sp³-hybridized carbons (Fsp3) is 0.371. The zero-order chi connectivity index (χ0) is 30.1. The highest BCUT2D eigenvalue weighted by Crippen LogP contribution is 2.23. The Morgan fingerprint density at radius 2 is 1.60 bits per heavy atom. The van der Waals surface area contributed by atoms with Gasteiger partial charge in [-0.1, -0.05) is 63.2 Å². The Balaban J connectivity index is 1.54. The first-order valence-electron chi connectivity index (χ1n) is 14.6. The van der Waals surface area contributed by atoms with Gasteiger partial charge in [0.15, 0.2) is 0 Å². The highest BCUT2D eigenvalue weighted by molar-refractivity contribution is 5.96. The van der Waals surface area contributed by atoms with Gasteiger partial charge in [-0.3, -0.25) is 9.59 Å². The van der Waals surface area contributed by atoms with E-state index in [1.54, 1.807) is 12.0 Å². The second kappa shape index (κ2) is 14.2. The number of rotatable bonds is 13. The lowest BCUT2D eigenvalue weighted by atomic mass is 9.86. The Labute approximate surface area is 249 Å². The number of H-pyrrole nitrogens is 1. The molecule has 1 aromatic heterocycles. The summed E-state index contributed by atoms with van der Waals surface area (Å²) in [7, 11) is 1.60. The molecular formula is C35H43N3O4. The molecule has 0 radical (unpaired) electrons. The largest absolute Gasteiger partial charge is 0.494 e. The lowest BCUT2D eigenvalue weighted by molar-refractivity contribution is -0.132. The molecule has 0 spiro atoms. The van der Waals surface area contributed by atoms with Gasteiger partial charge in [-0.05, 0) is 65.8 Å². The van der Waals surface area contributed by atoms with Crippen LogP contribution < -0.4 is 4.74 Å². The molecule has 0 bridgehead atoms. The molecule has 7 heteroatoms. The molecule has 1 N–H and O–H groups in total. The molecule has 0 aliphatic carbocycles. The molecule has 42 heavy (non-hydrogen) atoms. The molecule has 0 aliphatic heterocycles. The molecule has 0 unspecified atom stereocenters. The van der Waals surface area contributed by atoms with Crippen molar-refractivity contribution in [2.75, 3.05) is 40.0 Å². The average molecular weight is 570 g/mol. The van der Waals surface area contributed by atoms with Gasteiger partial charge in [0.2, 0.25) is 5.91 Å². The van der Waals surface area contributed by atoms with Crippen LogP contribution in [0.2, 0.25) is 0 Å². The lowest BCUT2D eigenvalue weighted by Gasteiger charge is -2.28. The summed E-state index contributed by atoms with van der Waals surface area (Å²) in [6.45, 7) is 10.5. The summed E-state index contributed by atoms with van der Waals surface area (Å²) >= 11 is 0. The maximum Gasteiger partial charge on any atom is 0.254 e. The van der Waals surface area contributed by atoms with Crippen molar-refractivity contribution in [3.8, 4) is 5.75 Å². The first kappa shape index (κ1) is 30.8. The van der Waals surface area contributed by atoms with Gasteiger partial charge < -0.3 is 24.3 Å². The summed E-state index contributed by atoms with van der Waals surface area (Å²) in [5.74, 6) is 0.504. The number of carbonyl (C=O) groups is 2. The van der Waals surface area contributed by atoms with Crippen molar-refractivity contribution in [1.82, 2.24) is 14.8 Å². The molecule has 7 nitrogen and oxygen atoms in total. The van der Waals surface area contributed by atoms with E-state index in [0.717, 1.165) is 33.3 Å². The van der Waals surface area contributed by atoms with E-state index in [1.165, 1.54) is 0 Å². The van der Waals surface area contributed by atoms with Crippen LogP contribution in [0.1, 0.15) is 54.7 Å². The van der Waals surface area contributed by atoms with Crippen molar-refractivity contribution in [2.45, 2.75) is 46.1 Å². The van der Waals surface area contributed by atoms with Gasteiger partial charge in [0.1, 0.15) is 12.3 Å². The Morgan fingerprint density at radius 3 is 2.26 bits per heavy atom. The zero-order valence-electron chi connectivity index (χ0n) is 25.5. The van der Waals surface area contributed by atoms with E-state index >= 15 is 0 Å². The highest BCUT2D eigenvalue weighted by Gasteiger charge is 2.24. The Bertz CT molecular complexity index is 1450. The topological polar surface area (TPSA) is 74.9 Å². The molecule has 3 aromatic carbocycles. The summed E-state index contributed by atoms with van der Waals surface area (Å²) < 4.78 is 10.9. The van der Waals surface area contributed by atoms with Crippen LogP contribution in [-0.4, -0.2) is 66.6 Å². The smallest absolute Gasteiger partial charge is 0.254 e. The van der Waals surface area contributed by atoms with Crippen molar-refractivity contribution >= 4 is 22.7 Å². The second-order valence-electron chi connectivity index (χ2n) is 11.5. The first-order chi connectivity index (χ1) is 20.2. The van der Waals surface area contributed by atoms with E-state index in [2.05, 4.69) is 37.9 Å². The average Bonchev–Trinajstić information content (AvgIpc) is 3.40. The van der Waals surface area contributed by atoms with E-state index in [4.69, 9.17) is 9.47 Å². The lowest BCUT2D eigenvalue weighted by Crippen LogP contribution is -2.44. The Morgan fingerprint density at radius 1 is 0.881 bits per heavy atom. The number of benzene rings is 3. The number of para-hydroxylation sites is 1. The number of amides is 2. The molecule has 4 rings (SSSR count). The van der Waals surface area contributed by atoms with E-state index in [9.17, 15) is 9.59 Å². The fourth-order valence-electron chi connectivity index (χ4n) is 4.98. The van der Waals surface area contributed by atoms with E-state index < -0.39 is 0 Å². The van der Waals surface area contributed by atoms with Crippen molar-refractivity contribution in [1.29, 1.82) is 0 Å². The van der Waals surface area contributed by atoms with Crippen molar-refractivity contribution in [3.63, 3.8) is 0 Å². The molecule has 4 aromatic rings. The molecule has 0 aliphatic rings. The molecular weight excluding hydrogens is 526 g/mol. The minimum atomic E-state index is -0.182. The standard InChI is InChI=1S/C35H43N3O4/c1-6-42-30-17-11-26(12-18-30)24-37(20-19-28-23-36-32-10-8-7-9-31(28)32)33(39)25-38(21-22-41-5)34(40)27-13-15-29(16-14-27)35(2,3)4/h7-18,23,36H,6,19-22,24-25H2,1-5H3. The number of methoxy groups -OCH3 is 1. The minimum absolute atomic E-state index is 0.0144. The number of carbonyl (C=O) groups excluding carboxylic acids is 2. The molecule has 222 valence electrons. The van der Waals surface area contributed by atoms with E-state index in [1.807, 2.05) is 78.7 Å². The zero-order valence-corrected chi connectivity index (χ0v) is 25.5. The summed E-state index contributed by atoms with van der Waals surface area (Å²) in [5.41, 5.74) is 4.92. The van der Waals surface area contributed by atoms with Gasteiger partial charge in [-0.2, -0.15) is 0 Å². The maximum absolute atomic E-state index is 13.9. The fourth-order valence-corrected chi connectivity index (χ4v) is 4.98. The van der Waals surface area contributed by atoms with Crippen LogP contribution in [0.15, 0.2) is 79.0 Å². The summed E-state index contributed by atoms with van der Waals surface area (Å²) in [6.07, 6.45) is 2.70. The van der Waals surface area contributed by atoms with Gasteiger partial charge in [0.25, 0.3) is 5.91 Å². The first-order valence-corrected chi connectivity index (χ1v) is 14.6. The molecule has 1 heterocycles. The Hall–Kier alpha value is -4.10. The predicted molar refractivity (Wildman–Crippen MR) is 168 cm³/mol. The van der Waals surface area contributed by atoms with Gasteiger partial charge in [0.05, 0.1) is 13.2 Å². The second-order valence-corrected chi connectivity index (χ2v) is 11.5. The number of hydrogen-bond donors (Lipinski definition) is 1. The number of aromatic nitrogens is 1. The third kappa shape index (κ3) is 8.01. The minimum Gasteiger partial charge on any atom is -0.494 e. The monoisotopic (exact) mass is 569 g/mol. The van der Waals surface area contributed by atoms with Crippen molar-refractivity contribution in [2.24, 2.45) is 0 Å². The van der Waals surface area contributed by atoms with Crippen LogP contribution in [0.25, 0.3) is 10.9 Å². The Kier molecular flexibility index (Phi) is 10.4. The third-order valence-corrected chi connectivity index (χ3v) is 7.46. The quantitative estimate of drug-likeness (QED) is 0.207. The number of nitrogens with one attached hydrogen (secondary N) is 1. The summed E-state index contributed by atoms with van der Waals surface area (Å²) in [5, 5.41) is 1.15. The van der Waals surface area contributed by atoms with Crippen LogP contribution in [0, 0.1) is 0 Å². The van der Waals surface area contributed by atoms with Crippen LogP contribution in [0.3, 0.4) is 0 Å². The normalized spacial score (nSPS) is 11.5. The van der Waals surface area contributed by atoms with Crippen LogP contribution in [0.4, 0.5) is 0 Å². The van der Waals surface area contributed by atoms with Gasteiger partial charge in [-0.15, -0.1) is 0 Å². The number of ether oxygens (including phenoxy) is 2. The number of hydrogen-bond acceptors (Lipinski definition) is 4. The van der Waals surface area contributed by atoms with Gasteiger partial charge >= 0.3 is 0 Å². The van der Waals surface area contributed by atoms with Crippen LogP contribution in [-0.2, 0) is 27.9 Å². The van der Waals surface area contributed by atoms with E-state index in [0.29, 0.717) is 44.8 Å². The molecule has 0 saturated carbocycles. The van der Waals surface area contributed by atoms with Crippen molar-refractivity contribution in [3.05, 3.63) is 101 Å². The van der Waals surface area contributed by atoms with Crippen LogP contribution >= 0.6 is 0 Å². The number of nitrogens with zero attached hydrogens (tertiary/aromatic N) is 2. The maximum atomic E-state index is 13.9. The molecule has 2 amide bonds. The summed E-state index contributed by atoms with van der Waals surface area (Å²) in [6, 6.07) is 23.7. The summed E-state index contributed by atoms with van der Waals surface area (Å²) in [4.78, 5) is 34.3. The number of aromatic amines is 1. The molecule has 0 atom stereocenters. The molecule has 0 fully saturated rings. The van der Waals surface area contributed by atoms with Gasteiger partial charge in [-0.25, -0.2) is 0 Å². The van der Waals surface area contributed by atoms with Crippen LogP contribution in [0.5, 0.6) is 5.75 Å². The van der Waals surface area contributed by atoms with Gasteiger partial charge in [0, 0.05) is 49.4 Å². The predicted octanol–water partition coefficient (Wildman–Crippen LogP) is 6.22. The SMILES string of the molecule is CCOc1ccc(CN(CCc2c[nH]c3ccccc23)C(=O)CN(CCOC)C(=O)c2ccc(C(C)(C)C)cc2)cc1. The number of fused-ring (bicyclic) bond motifs is 1. The molecule has 0 saturated heterocycles. The van der Waals surface area contributed by atoms with E-state index in [-0.39, 0.29) is 23.8 Å². The van der Waals surface area contributed by atoms with Crippen molar-refractivity contribution < 1.29 is 19.1 Å².